The lowest BCUT2D eigenvalue weighted by Crippen LogP contribution is -2.28. The summed E-state index contributed by atoms with van der Waals surface area (Å²) < 4.78 is 4.90. The molecule has 1 saturated heterocycles. The molecular formula is C18H15N3O7. The van der Waals surface area contributed by atoms with E-state index in [4.69, 9.17) is 9.84 Å². The molecule has 1 N–H and O–H groups in total. The number of carbonyl (C=O) groups excluding carboxylic acids is 2. The van der Waals surface area contributed by atoms with Crippen LogP contribution in [0.3, 0.4) is 0 Å². The number of carboxylic acids is 1. The molecule has 2 bridgehead atoms. The van der Waals surface area contributed by atoms with Gasteiger partial charge in [0.1, 0.15) is 0 Å². The first-order chi connectivity index (χ1) is 13.4. The number of nitro benzene ring substituents is 1. The Kier molecular flexibility index (Phi) is 4.17. The van der Waals surface area contributed by atoms with Crippen molar-refractivity contribution in [2.24, 2.45) is 28.8 Å². The van der Waals surface area contributed by atoms with E-state index >= 15 is 0 Å². The molecule has 3 aliphatic rings. The quantitative estimate of drug-likeness (QED) is 0.255. The number of carboxylic acid groups (broad SMARTS) is 1. The lowest BCUT2D eigenvalue weighted by Gasteiger charge is -2.13. The van der Waals surface area contributed by atoms with Gasteiger partial charge in [-0.05, 0) is 30.4 Å². The van der Waals surface area contributed by atoms with E-state index in [1.54, 1.807) is 0 Å². The van der Waals surface area contributed by atoms with Gasteiger partial charge in [-0.15, -0.1) is 0 Å². The first kappa shape index (κ1) is 17.8. The van der Waals surface area contributed by atoms with Crippen LogP contribution in [0, 0.1) is 33.8 Å². The maximum absolute atomic E-state index is 12.6. The van der Waals surface area contributed by atoms with Crippen LogP contribution in [0.15, 0.2) is 35.5 Å². The number of rotatable bonds is 6. The molecule has 2 amide bonds. The highest BCUT2D eigenvalue weighted by atomic mass is 16.6. The summed E-state index contributed by atoms with van der Waals surface area (Å²) in [6.45, 7) is -0.718. The van der Waals surface area contributed by atoms with Crippen molar-refractivity contribution in [3.63, 3.8) is 0 Å². The van der Waals surface area contributed by atoms with E-state index in [1.807, 2.05) is 12.2 Å². The molecular weight excluding hydrogens is 370 g/mol. The van der Waals surface area contributed by atoms with Gasteiger partial charge in [0, 0.05) is 11.6 Å². The van der Waals surface area contributed by atoms with Crippen molar-refractivity contribution in [2.75, 3.05) is 6.61 Å². The Morgan fingerprint density at radius 1 is 1.29 bits per heavy atom. The highest BCUT2D eigenvalue weighted by Gasteiger charge is 2.59. The van der Waals surface area contributed by atoms with Crippen LogP contribution in [-0.4, -0.2) is 45.6 Å². The van der Waals surface area contributed by atoms with Crippen molar-refractivity contribution in [3.05, 3.63) is 46.0 Å². The molecule has 4 rings (SSSR count). The number of ether oxygens (including phenoxy) is 1. The Bertz CT molecular complexity index is 924. The number of fused-ring (bicyclic) bond motifs is 5. The monoisotopic (exact) mass is 385 g/mol. The van der Waals surface area contributed by atoms with Crippen LogP contribution in [-0.2, 0) is 14.4 Å². The largest absolute Gasteiger partial charge is 0.479 e. The maximum atomic E-state index is 12.6. The zero-order valence-corrected chi connectivity index (χ0v) is 14.4. The van der Waals surface area contributed by atoms with E-state index in [9.17, 15) is 24.5 Å². The molecule has 1 aromatic carbocycles. The molecule has 0 spiro atoms. The number of hydrogen-bond acceptors (Lipinski definition) is 7. The van der Waals surface area contributed by atoms with Crippen LogP contribution in [0.5, 0.6) is 5.75 Å². The van der Waals surface area contributed by atoms with Crippen molar-refractivity contribution in [3.8, 4) is 5.75 Å². The van der Waals surface area contributed by atoms with E-state index in [0.29, 0.717) is 0 Å². The third-order valence-corrected chi connectivity index (χ3v) is 5.30. The molecule has 2 aliphatic carbocycles. The van der Waals surface area contributed by atoms with Crippen molar-refractivity contribution >= 4 is 29.7 Å². The molecule has 10 heteroatoms. The number of hydrogen-bond donors (Lipinski definition) is 1. The molecule has 4 atom stereocenters. The van der Waals surface area contributed by atoms with Gasteiger partial charge in [0.15, 0.2) is 12.4 Å². The summed E-state index contributed by atoms with van der Waals surface area (Å²) in [6.07, 6.45) is 5.96. The number of benzene rings is 1. The van der Waals surface area contributed by atoms with Crippen LogP contribution in [0.4, 0.5) is 5.69 Å². The van der Waals surface area contributed by atoms with Crippen molar-refractivity contribution in [1.82, 2.24) is 5.01 Å². The van der Waals surface area contributed by atoms with Crippen LogP contribution in [0.2, 0.25) is 0 Å². The molecule has 1 aliphatic heterocycles. The fourth-order valence-corrected chi connectivity index (χ4v) is 4.14. The van der Waals surface area contributed by atoms with Crippen molar-refractivity contribution in [1.29, 1.82) is 0 Å². The summed E-state index contributed by atoms with van der Waals surface area (Å²) in [5.41, 5.74) is -0.170. The Balaban J connectivity index is 1.54. The molecule has 0 radical (unpaired) electrons. The number of amides is 2. The highest BCUT2D eigenvalue weighted by molar-refractivity contribution is 6.06. The SMILES string of the molecule is O=C(O)COc1ccc(C=NN2C(=O)C3C4C=CC(C4)C3C2=O)cc1[N+](=O)[O-]. The molecule has 0 aromatic heterocycles. The molecule has 144 valence electrons. The number of imide groups is 1. The van der Waals surface area contributed by atoms with Gasteiger partial charge in [-0.25, -0.2) is 4.79 Å². The number of carbonyl (C=O) groups is 3. The Morgan fingerprint density at radius 2 is 1.93 bits per heavy atom. The second-order valence-electron chi connectivity index (χ2n) is 6.90. The van der Waals surface area contributed by atoms with E-state index in [1.165, 1.54) is 18.3 Å². The predicted octanol–water partition coefficient (Wildman–Crippen LogP) is 1.20. The number of aliphatic carboxylic acids is 1. The molecule has 10 nitrogen and oxygen atoms in total. The Hall–Kier alpha value is -3.56. The van der Waals surface area contributed by atoms with E-state index in [0.717, 1.165) is 17.5 Å². The molecule has 1 aromatic rings. The predicted molar refractivity (Wildman–Crippen MR) is 93.4 cm³/mol. The summed E-state index contributed by atoms with van der Waals surface area (Å²) in [7, 11) is 0. The van der Waals surface area contributed by atoms with Gasteiger partial charge >= 0.3 is 11.7 Å². The van der Waals surface area contributed by atoms with E-state index in [2.05, 4.69) is 5.10 Å². The Morgan fingerprint density at radius 3 is 2.50 bits per heavy atom. The lowest BCUT2D eigenvalue weighted by molar-refractivity contribution is -0.385. The molecule has 1 saturated carbocycles. The smallest absolute Gasteiger partial charge is 0.341 e. The second kappa shape index (κ2) is 6.55. The van der Waals surface area contributed by atoms with Crippen LogP contribution in [0.1, 0.15) is 12.0 Å². The third-order valence-electron chi connectivity index (χ3n) is 5.30. The first-order valence-electron chi connectivity index (χ1n) is 8.60. The standard InChI is InChI=1S/C18H15N3O7/c22-14(23)8-28-13-4-1-9(5-12(13)21(26)27)7-19-20-17(24)15-10-2-3-11(6-10)16(15)18(20)25/h1-5,7,10-11,15-16H,6,8H2,(H,22,23). The normalized spacial score (nSPS) is 27.6. The lowest BCUT2D eigenvalue weighted by atomic mass is 9.85. The molecule has 1 heterocycles. The van der Waals surface area contributed by atoms with Crippen molar-refractivity contribution < 1.29 is 29.2 Å². The minimum Gasteiger partial charge on any atom is -0.479 e. The van der Waals surface area contributed by atoms with Gasteiger partial charge in [0.25, 0.3) is 11.8 Å². The fourth-order valence-electron chi connectivity index (χ4n) is 4.14. The highest BCUT2D eigenvalue weighted by Crippen LogP contribution is 2.52. The van der Waals surface area contributed by atoms with Crippen LogP contribution in [0.25, 0.3) is 0 Å². The van der Waals surface area contributed by atoms with Gasteiger partial charge in [0.05, 0.1) is 23.0 Å². The first-order valence-corrected chi connectivity index (χ1v) is 8.60. The summed E-state index contributed by atoms with van der Waals surface area (Å²) in [4.78, 5) is 46.2. The second-order valence-corrected chi connectivity index (χ2v) is 6.90. The average molecular weight is 385 g/mol. The zero-order valence-electron chi connectivity index (χ0n) is 14.4. The molecule has 4 unspecified atom stereocenters. The minimum absolute atomic E-state index is 0.0680. The minimum atomic E-state index is -1.26. The van der Waals surface area contributed by atoms with E-state index < -0.39 is 23.2 Å². The number of nitro groups is 1. The average Bonchev–Trinajstić information content (AvgIpc) is 3.33. The molecule has 2 fully saturated rings. The van der Waals surface area contributed by atoms with Gasteiger partial charge in [-0.2, -0.15) is 10.1 Å². The number of hydrazone groups is 1. The third kappa shape index (κ3) is 2.82. The van der Waals surface area contributed by atoms with Crippen LogP contribution < -0.4 is 4.74 Å². The van der Waals surface area contributed by atoms with E-state index in [-0.39, 0.29) is 46.8 Å². The maximum Gasteiger partial charge on any atom is 0.341 e. The summed E-state index contributed by atoms with van der Waals surface area (Å²) >= 11 is 0. The zero-order chi connectivity index (χ0) is 20.0. The number of allylic oxidation sites excluding steroid dienone is 2. The Labute approximate surface area is 158 Å². The van der Waals surface area contributed by atoms with Gasteiger partial charge in [-0.1, -0.05) is 12.2 Å². The summed E-state index contributed by atoms with van der Waals surface area (Å²) in [5.74, 6) is -2.77. The van der Waals surface area contributed by atoms with Gasteiger partial charge in [-0.3, -0.25) is 19.7 Å². The molecule has 28 heavy (non-hydrogen) atoms. The van der Waals surface area contributed by atoms with Gasteiger partial charge in [0.2, 0.25) is 0 Å². The van der Waals surface area contributed by atoms with Gasteiger partial charge < -0.3 is 9.84 Å². The van der Waals surface area contributed by atoms with Crippen molar-refractivity contribution in [2.45, 2.75) is 6.42 Å². The summed E-state index contributed by atoms with van der Waals surface area (Å²) in [5, 5.41) is 24.6. The topological polar surface area (TPSA) is 139 Å². The van der Waals surface area contributed by atoms with Crippen LogP contribution >= 0.6 is 0 Å². The summed E-state index contributed by atoms with van der Waals surface area (Å²) in [6, 6.07) is 3.80. The number of nitrogens with zero attached hydrogens (tertiary/aromatic N) is 3. The fraction of sp³-hybridized carbons (Fsp3) is 0.333.